The number of carbonyl (C=O) groups is 1. The first kappa shape index (κ1) is 15.0. The van der Waals surface area contributed by atoms with E-state index in [0.29, 0.717) is 18.5 Å². The van der Waals surface area contributed by atoms with Crippen molar-refractivity contribution in [1.82, 2.24) is 5.32 Å². The molecule has 0 heterocycles. The molecular formula is C14H17FN2O2. The van der Waals surface area contributed by atoms with Gasteiger partial charge in [0, 0.05) is 13.0 Å². The lowest BCUT2D eigenvalue weighted by Crippen LogP contribution is -2.22. The smallest absolute Gasteiger partial charge is 0.220 e. The molecule has 0 bridgehead atoms. The number of rotatable bonds is 6. The van der Waals surface area contributed by atoms with Gasteiger partial charge < -0.3 is 10.1 Å². The zero-order valence-electron chi connectivity index (χ0n) is 11.1. The van der Waals surface area contributed by atoms with Crippen LogP contribution in [0.25, 0.3) is 0 Å². The van der Waals surface area contributed by atoms with E-state index in [1.807, 2.05) is 6.92 Å². The van der Waals surface area contributed by atoms with E-state index in [9.17, 15) is 9.18 Å². The van der Waals surface area contributed by atoms with Crippen molar-refractivity contribution in [3.8, 4) is 11.8 Å². The standard InChI is InChI=1S/C14H17FN2O2/c1-3-17-14(18)7-5-11(9-16)10-4-6-13(19-2)12(15)8-10/h4,6,8,11H,3,5,7H2,1-2H3,(H,17,18). The number of halogens is 1. The van der Waals surface area contributed by atoms with Gasteiger partial charge in [-0.1, -0.05) is 6.07 Å². The second-order valence-electron chi connectivity index (χ2n) is 4.07. The van der Waals surface area contributed by atoms with Crippen molar-refractivity contribution in [3.05, 3.63) is 29.6 Å². The molecule has 102 valence electrons. The second kappa shape index (κ2) is 7.37. The average Bonchev–Trinajstić information content (AvgIpc) is 2.40. The highest BCUT2D eigenvalue weighted by atomic mass is 19.1. The summed E-state index contributed by atoms with van der Waals surface area (Å²) >= 11 is 0. The minimum atomic E-state index is -0.502. The van der Waals surface area contributed by atoms with Crippen LogP contribution in [0.5, 0.6) is 5.75 Å². The molecule has 0 aliphatic heterocycles. The minimum absolute atomic E-state index is 0.100. The Bertz CT molecular complexity index is 483. The third kappa shape index (κ3) is 4.25. The monoisotopic (exact) mass is 264 g/mol. The van der Waals surface area contributed by atoms with E-state index in [1.54, 1.807) is 6.07 Å². The van der Waals surface area contributed by atoms with E-state index < -0.39 is 11.7 Å². The van der Waals surface area contributed by atoms with Crippen LogP contribution in [0.1, 0.15) is 31.2 Å². The van der Waals surface area contributed by atoms with E-state index in [4.69, 9.17) is 10.00 Å². The Kier molecular flexibility index (Phi) is 5.80. The summed E-state index contributed by atoms with van der Waals surface area (Å²) in [5.41, 5.74) is 0.560. The Balaban J connectivity index is 2.73. The molecule has 1 aromatic rings. The number of nitriles is 1. The fraction of sp³-hybridized carbons (Fsp3) is 0.429. The highest BCUT2D eigenvalue weighted by Crippen LogP contribution is 2.25. The van der Waals surface area contributed by atoms with Gasteiger partial charge in [0.15, 0.2) is 11.6 Å². The predicted molar refractivity (Wildman–Crippen MR) is 69.2 cm³/mol. The molecular weight excluding hydrogens is 247 g/mol. The summed E-state index contributed by atoms with van der Waals surface area (Å²) in [5, 5.41) is 11.8. The molecule has 4 nitrogen and oxygen atoms in total. The molecule has 1 amide bonds. The summed E-state index contributed by atoms with van der Waals surface area (Å²) in [7, 11) is 1.38. The van der Waals surface area contributed by atoms with E-state index >= 15 is 0 Å². The summed E-state index contributed by atoms with van der Waals surface area (Å²) in [6, 6.07) is 6.51. The number of ether oxygens (including phenoxy) is 1. The molecule has 1 rings (SSSR count). The maximum atomic E-state index is 13.6. The van der Waals surface area contributed by atoms with Gasteiger partial charge in [-0.25, -0.2) is 4.39 Å². The van der Waals surface area contributed by atoms with Crippen LogP contribution in [0.2, 0.25) is 0 Å². The van der Waals surface area contributed by atoms with Crippen LogP contribution in [0, 0.1) is 17.1 Å². The molecule has 0 spiro atoms. The Morgan fingerprint density at radius 1 is 1.58 bits per heavy atom. The van der Waals surface area contributed by atoms with Gasteiger partial charge in [0.1, 0.15) is 0 Å². The largest absolute Gasteiger partial charge is 0.494 e. The SMILES string of the molecule is CCNC(=O)CCC(C#N)c1ccc(OC)c(F)c1. The molecule has 1 atom stereocenters. The van der Waals surface area contributed by atoms with E-state index in [-0.39, 0.29) is 18.1 Å². The normalized spacial score (nSPS) is 11.5. The zero-order valence-corrected chi connectivity index (χ0v) is 11.1. The fourth-order valence-electron chi connectivity index (χ4n) is 1.77. The lowest BCUT2D eigenvalue weighted by molar-refractivity contribution is -0.121. The topological polar surface area (TPSA) is 62.1 Å². The van der Waals surface area contributed by atoms with Gasteiger partial charge in [0.25, 0.3) is 0 Å². The zero-order chi connectivity index (χ0) is 14.3. The minimum Gasteiger partial charge on any atom is -0.494 e. The van der Waals surface area contributed by atoms with Crippen LogP contribution < -0.4 is 10.1 Å². The van der Waals surface area contributed by atoms with Crippen molar-refractivity contribution in [3.63, 3.8) is 0 Å². The van der Waals surface area contributed by atoms with Gasteiger partial charge in [0.05, 0.1) is 19.1 Å². The van der Waals surface area contributed by atoms with E-state index in [1.165, 1.54) is 19.2 Å². The number of amides is 1. The molecule has 0 radical (unpaired) electrons. The maximum Gasteiger partial charge on any atom is 0.220 e. The van der Waals surface area contributed by atoms with Crippen LogP contribution in [0.3, 0.4) is 0 Å². The molecule has 19 heavy (non-hydrogen) atoms. The number of methoxy groups -OCH3 is 1. The molecule has 1 unspecified atom stereocenters. The summed E-state index contributed by atoms with van der Waals surface area (Å²) in [5.74, 6) is -0.956. The van der Waals surface area contributed by atoms with Crippen LogP contribution in [0.15, 0.2) is 18.2 Å². The summed E-state index contributed by atoms with van der Waals surface area (Å²) in [6.45, 7) is 2.39. The Labute approximate surface area is 112 Å². The highest BCUT2D eigenvalue weighted by molar-refractivity contribution is 5.75. The van der Waals surface area contributed by atoms with Gasteiger partial charge in [-0.05, 0) is 31.0 Å². The van der Waals surface area contributed by atoms with Crippen LogP contribution in [-0.2, 0) is 4.79 Å². The Morgan fingerprint density at radius 2 is 2.32 bits per heavy atom. The predicted octanol–water partition coefficient (Wildman–Crippen LogP) is 2.36. The van der Waals surface area contributed by atoms with Gasteiger partial charge in [-0.15, -0.1) is 0 Å². The van der Waals surface area contributed by atoms with Crippen LogP contribution in [0.4, 0.5) is 4.39 Å². The number of carbonyl (C=O) groups excluding carboxylic acids is 1. The highest BCUT2D eigenvalue weighted by Gasteiger charge is 2.15. The van der Waals surface area contributed by atoms with Gasteiger partial charge in [-0.3, -0.25) is 4.79 Å². The summed E-state index contributed by atoms with van der Waals surface area (Å²) in [4.78, 5) is 11.3. The van der Waals surface area contributed by atoms with Gasteiger partial charge in [0.2, 0.25) is 5.91 Å². The number of hydrogen-bond acceptors (Lipinski definition) is 3. The molecule has 0 aliphatic rings. The fourth-order valence-corrected chi connectivity index (χ4v) is 1.77. The molecule has 0 aromatic heterocycles. The number of hydrogen-bond donors (Lipinski definition) is 1. The van der Waals surface area contributed by atoms with Crippen LogP contribution in [-0.4, -0.2) is 19.6 Å². The third-order valence-corrected chi connectivity index (χ3v) is 2.77. The van der Waals surface area contributed by atoms with Crippen LogP contribution >= 0.6 is 0 Å². The second-order valence-corrected chi connectivity index (χ2v) is 4.07. The van der Waals surface area contributed by atoms with E-state index in [2.05, 4.69) is 11.4 Å². The third-order valence-electron chi connectivity index (χ3n) is 2.77. The average molecular weight is 264 g/mol. The lowest BCUT2D eigenvalue weighted by Gasteiger charge is -2.10. The number of benzene rings is 1. The molecule has 1 aromatic carbocycles. The molecule has 0 saturated heterocycles. The summed E-state index contributed by atoms with van der Waals surface area (Å²) in [6.07, 6.45) is 0.619. The van der Waals surface area contributed by atoms with Gasteiger partial charge in [-0.2, -0.15) is 5.26 Å². The first-order chi connectivity index (χ1) is 9.12. The lowest BCUT2D eigenvalue weighted by atomic mass is 9.95. The van der Waals surface area contributed by atoms with Crippen molar-refractivity contribution in [2.24, 2.45) is 0 Å². The first-order valence-corrected chi connectivity index (χ1v) is 6.12. The van der Waals surface area contributed by atoms with Crippen molar-refractivity contribution >= 4 is 5.91 Å². The molecule has 5 heteroatoms. The van der Waals surface area contributed by atoms with Gasteiger partial charge >= 0.3 is 0 Å². The Hall–Kier alpha value is -2.09. The molecule has 0 fully saturated rings. The molecule has 0 saturated carbocycles. The first-order valence-electron chi connectivity index (χ1n) is 6.12. The summed E-state index contributed by atoms with van der Waals surface area (Å²) < 4.78 is 18.4. The van der Waals surface area contributed by atoms with Crippen molar-refractivity contribution in [2.45, 2.75) is 25.7 Å². The quantitative estimate of drug-likeness (QED) is 0.858. The number of nitrogens with one attached hydrogen (secondary N) is 1. The van der Waals surface area contributed by atoms with Crippen molar-refractivity contribution in [2.75, 3.05) is 13.7 Å². The maximum absolute atomic E-state index is 13.6. The van der Waals surface area contributed by atoms with Crippen molar-refractivity contribution in [1.29, 1.82) is 5.26 Å². The number of nitrogens with zero attached hydrogens (tertiary/aromatic N) is 1. The van der Waals surface area contributed by atoms with Crippen molar-refractivity contribution < 1.29 is 13.9 Å². The Morgan fingerprint density at radius 3 is 2.84 bits per heavy atom. The molecule has 1 N–H and O–H groups in total. The van der Waals surface area contributed by atoms with E-state index in [0.717, 1.165) is 0 Å². The molecule has 0 aliphatic carbocycles.